The lowest BCUT2D eigenvalue weighted by molar-refractivity contribution is -0.303. The van der Waals surface area contributed by atoms with E-state index in [0.29, 0.717) is 0 Å². The normalized spacial score (nSPS) is 31.5. The van der Waals surface area contributed by atoms with Crippen LogP contribution in [0.3, 0.4) is 0 Å². The maximum Gasteiger partial charge on any atom is 0.348 e. The summed E-state index contributed by atoms with van der Waals surface area (Å²) in [5, 5.41) is 19.5. The molecule has 2 N–H and O–H groups in total. The smallest absolute Gasteiger partial charge is 0.348 e. The summed E-state index contributed by atoms with van der Waals surface area (Å²) < 4.78 is 53.2. The number of carbonyl (C=O) groups is 8. The number of rotatable bonds is 16. The van der Waals surface area contributed by atoms with E-state index in [1.165, 1.54) is 62.5 Å². The second-order valence-corrected chi connectivity index (χ2v) is 14.9. The van der Waals surface area contributed by atoms with Crippen LogP contribution in [0, 0.1) is 11.8 Å². The minimum atomic E-state index is -1.70. The molecule has 0 amide bonds. The van der Waals surface area contributed by atoms with Crippen LogP contribution in [0.1, 0.15) is 79.1 Å². The van der Waals surface area contributed by atoms with Crippen molar-refractivity contribution in [1.82, 2.24) is 0 Å². The molecule has 0 aromatic rings. The fraction of sp³-hybridized carbons (Fsp3) is 0.524. The van der Waals surface area contributed by atoms with Crippen LogP contribution in [0.2, 0.25) is 0 Å². The number of hydrogen-bond donors (Lipinski definition) is 2. The Morgan fingerprint density at radius 3 is 1.11 bits per heavy atom. The number of aliphatic hydroxyl groups excluding tert-OH is 2. The Labute approximate surface area is 355 Å². The Balaban J connectivity index is 1.07. The summed E-state index contributed by atoms with van der Waals surface area (Å²) in [4.78, 5) is 102. The number of allylic oxidation sites excluding steroid dienone is 8. The molecular weight excluding hydrogens is 824 g/mol. The molecule has 1 saturated carbocycles. The predicted octanol–water partition coefficient (Wildman–Crippen LogP) is 2.37. The van der Waals surface area contributed by atoms with Crippen molar-refractivity contribution in [1.29, 1.82) is 0 Å². The number of hydrogen-bond acceptors (Lipinski definition) is 20. The molecule has 20 heteroatoms. The molecule has 5 fully saturated rings. The van der Waals surface area contributed by atoms with Crippen molar-refractivity contribution in [3.05, 3.63) is 71.9 Å². The number of aliphatic hydroxyl groups is 2. The first-order valence-corrected chi connectivity index (χ1v) is 19.9. The second-order valence-electron chi connectivity index (χ2n) is 14.9. The lowest BCUT2D eigenvalue weighted by Gasteiger charge is -2.47. The maximum atomic E-state index is 12.9. The lowest BCUT2D eigenvalue weighted by atomic mass is 9.86. The van der Waals surface area contributed by atoms with Crippen LogP contribution in [0.4, 0.5) is 0 Å². The Morgan fingerprint density at radius 2 is 0.823 bits per heavy atom. The van der Waals surface area contributed by atoms with Crippen molar-refractivity contribution in [2.45, 2.75) is 115 Å². The number of cyclic esters (lactones) is 4. The van der Waals surface area contributed by atoms with Gasteiger partial charge in [0, 0.05) is 78.4 Å². The van der Waals surface area contributed by atoms with E-state index in [1.54, 1.807) is 13.8 Å². The van der Waals surface area contributed by atoms with Crippen LogP contribution in [0.5, 0.6) is 0 Å². The molecule has 5 aliphatic rings. The Kier molecular flexibility index (Phi) is 15.1. The van der Waals surface area contributed by atoms with Gasteiger partial charge in [-0.1, -0.05) is 48.6 Å². The summed E-state index contributed by atoms with van der Waals surface area (Å²) in [6, 6.07) is 0. The van der Waals surface area contributed by atoms with Crippen LogP contribution in [0.25, 0.3) is 0 Å². The van der Waals surface area contributed by atoms with Crippen LogP contribution < -0.4 is 0 Å². The van der Waals surface area contributed by atoms with E-state index in [-0.39, 0.29) is 64.6 Å². The zero-order valence-electron chi connectivity index (χ0n) is 34.4. The molecule has 4 heterocycles. The average Bonchev–Trinajstić information content (AvgIpc) is 3.18. The Bertz CT molecular complexity index is 1760. The quantitative estimate of drug-likeness (QED) is 0.0429. The molecule has 4 aliphatic heterocycles. The first-order valence-electron chi connectivity index (χ1n) is 19.9. The molecule has 1 aliphatic carbocycles. The molecule has 0 radical (unpaired) electrons. The molecule has 0 aromatic carbocycles. The van der Waals surface area contributed by atoms with Gasteiger partial charge < -0.3 is 57.6 Å². The fourth-order valence-electron chi connectivity index (χ4n) is 6.75. The zero-order chi connectivity index (χ0) is 45.3. The van der Waals surface area contributed by atoms with Gasteiger partial charge in [-0.15, -0.1) is 0 Å². The van der Waals surface area contributed by atoms with Crippen molar-refractivity contribution in [3.63, 3.8) is 0 Å². The van der Waals surface area contributed by atoms with Gasteiger partial charge in [0.05, 0.1) is 0 Å². The summed E-state index contributed by atoms with van der Waals surface area (Å²) >= 11 is 0. The SMILES string of the molecule is CCOC(O)CCC1(C)OC(=O)C(=C/C=C/C=C/C2C(=O)OC3(CCC4(CC3)OC(=O)C(/C=C/C=C/C=C3C(=O)OC(C)(CCC(O)OCC)OC3=O)C(=O)O4)OC2=O)C(=O)O1. The van der Waals surface area contributed by atoms with Gasteiger partial charge in [0.1, 0.15) is 11.1 Å². The summed E-state index contributed by atoms with van der Waals surface area (Å²) in [6.07, 6.45) is 9.64. The Morgan fingerprint density at radius 1 is 0.516 bits per heavy atom. The second kappa shape index (κ2) is 19.8. The molecule has 2 atom stereocenters. The summed E-state index contributed by atoms with van der Waals surface area (Å²) in [5.41, 5.74) is -0.820. The van der Waals surface area contributed by atoms with Crippen LogP contribution in [0.15, 0.2) is 71.9 Å². The van der Waals surface area contributed by atoms with Gasteiger partial charge in [-0.05, 0) is 26.0 Å². The highest BCUT2D eigenvalue weighted by molar-refractivity contribution is 6.16. The first kappa shape index (κ1) is 47.1. The van der Waals surface area contributed by atoms with Gasteiger partial charge >= 0.3 is 47.8 Å². The van der Waals surface area contributed by atoms with E-state index in [2.05, 4.69) is 0 Å². The third-order valence-corrected chi connectivity index (χ3v) is 10.0. The van der Waals surface area contributed by atoms with E-state index >= 15 is 0 Å². The van der Waals surface area contributed by atoms with E-state index in [1.807, 2.05) is 0 Å². The van der Waals surface area contributed by atoms with Gasteiger partial charge in [0.25, 0.3) is 23.1 Å². The van der Waals surface area contributed by atoms with E-state index in [4.69, 9.17) is 47.4 Å². The van der Waals surface area contributed by atoms with Crippen molar-refractivity contribution < 1.29 is 95.9 Å². The van der Waals surface area contributed by atoms with Crippen molar-refractivity contribution in [3.8, 4) is 0 Å². The highest BCUT2D eigenvalue weighted by Gasteiger charge is 2.58. The third kappa shape index (κ3) is 11.7. The minimum absolute atomic E-state index is 0.00869. The zero-order valence-corrected chi connectivity index (χ0v) is 34.4. The van der Waals surface area contributed by atoms with Crippen molar-refractivity contribution in [2.75, 3.05) is 13.2 Å². The maximum absolute atomic E-state index is 12.9. The van der Waals surface area contributed by atoms with E-state index < -0.39 is 106 Å². The van der Waals surface area contributed by atoms with Crippen molar-refractivity contribution in [2.24, 2.45) is 11.8 Å². The highest BCUT2D eigenvalue weighted by Crippen LogP contribution is 2.45. The molecule has 0 aromatic heterocycles. The largest absolute Gasteiger partial charge is 0.422 e. The van der Waals surface area contributed by atoms with Crippen LogP contribution >= 0.6 is 0 Å². The van der Waals surface area contributed by atoms with Crippen LogP contribution in [-0.4, -0.2) is 107 Å². The van der Waals surface area contributed by atoms with Gasteiger partial charge in [-0.25, -0.2) is 19.2 Å². The molecule has 62 heavy (non-hydrogen) atoms. The minimum Gasteiger partial charge on any atom is -0.422 e. The number of carbonyl (C=O) groups excluding carboxylic acids is 8. The van der Waals surface area contributed by atoms with Gasteiger partial charge in [0.2, 0.25) is 0 Å². The molecular formula is C42H48O20. The third-order valence-electron chi connectivity index (χ3n) is 10.0. The summed E-state index contributed by atoms with van der Waals surface area (Å²) in [6.45, 7) is 6.68. The van der Waals surface area contributed by atoms with E-state index in [9.17, 15) is 48.6 Å². The van der Waals surface area contributed by atoms with Crippen LogP contribution in [-0.2, 0) is 85.7 Å². The summed E-state index contributed by atoms with van der Waals surface area (Å²) in [7, 11) is 0. The molecule has 20 nitrogen and oxygen atoms in total. The average molecular weight is 873 g/mol. The molecule has 0 bridgehead atoms. The summed E-state index contributed by atoms with van der Waals surface area (Å²) in [5.74, 6) is -17.0. The van der Waals surface area contributed by atoms with Gasteiger partial charge in [-0.3, -0.25) is 19.2 Å². The monoisotopic (exact) mass is 872 g/mol. The molecule has 336 valence electrons. The predicted molar refractivity (Wildman–Crippen MR) is 203 cm³/mol. The molecule has 2 unspecified atom stereocenters. The molecule has 5 rings (SSSR count). The number of ether oxygens (including phenoxy) is 10. The molecule has 2 spiro atoms. The highest BCUT2D eigenvalue weighted by atomic mass is 16.8. The number of esters is 8. The van der Waals surface area contributed by atoms with Crippen molar-refractivity contribution >= 4 is 47.8 Å². The molecule has 4 saturated heterocycles. The Hall–Kier alpha value is -5.96. The van der Waals surface area contributed by atoms with Gasteiger partial charge in [0.15, 0.2) is 24.4 Å². The van der Waals surface area contributed by atoms with Gasteiger partial charge in [-0.2, -0.15) is 0 Å². The van der Waals surface area contributed by atoms with E-state index in [0.717, 1.165) is 12.2 Å². The lowest BCUT2D eigenvalue weighted by Crippen LogP contribution is -2.57. The standard InChI is InChI=1S/C42H48O20/c1-5-53-29(43)17-19-39(3)55-31(45)25(32(46)56-39)13-9-7-11-15-27-35(49)59-41(60-36(27)50)21-23-42(24-22-41)61-37(51)28(38(52)62-42)16-12-8-10-14-26-33(47)57-40(4,58-34(26)48)20-18-30(44)54-6-2/h7-16,27-30,43-44H,5-6,17-24H2,1-4H3/b9-7+,10-8+,15-11+,16-12+,25-13?,26-14?. The topological polar surface area (TPSA) is 269 Å². The fourth-order valence-corrected chi connectivity index (χ4v) is 6.75. The first-order chi connectivity index (χ1) is 29.3.